The van der Waals surface area contributed by atoms with Crippen LogP contribution in [-0.4, -0.2) is 32.4 Å². The van der Waals surface area contributed by atoms with E-state index in [1.54, 1.807) is 48.5 Å². The fourth-order valence-corrected chi connectivity index (χ4v) is 3.64. The quantitative estimate of drug-likeness (QED) is 0.0948. The number of carbonyl (C=O) groups is 2. The van der Waals surface area contributed by atoms with Crippen LogP contribution >= 0.6 is 0 Å². The molecule has 0 N–H and O–H groups in total. The number of unbranched alkanes of at least 4 members (excludes halogenated alkanes) is 8. The maximum absolute atomic E-state index is 12.5. The molecule has 36 heavy (non-hydrogen) atoms. The molecule has 0 aromatic heterocycles. The fourth-order valence-electron chi connectivity index (χ4n) is 3.64. The summed E-state index contributed by atoms with van der Waals surface area (Å²) < 4.78 is 10.4. The van der Waals surface area contributed by atoms with Crippen molar-refractivity contribution in [2.24, 2.45) is 0 Å². The van der Waals surface area contributed by atoms with Gasteiger partial charge in [0.15, 0.2) is 0 Å². The van der Waals surface area contributed by atoms with Gasteiger partial charge in [0.25, 0.3) is 0 Å². The average Bonchev–Trinajstić information content (AvgIpc) is 2.92. The van der Waals surface area contributed by atoms with Crippen LogP contribution < -0.4 is 9.47 Å². The lowest BCUT2D eigenvalue weighted by atomic mass is 10.1. The first-order chi connectivity index (χ1) is 17.6. The van der Waals surface area contributed by atoms with Crippen LogP contribution in [0.5, 0.6) is 11.5 Å². The van der Waals surface area contributed by atoms with Crippen LogP contribution in [0.3, 0.4) is 0 Å². The Morgan fingerprint density at radius 3 is 1.50 bits per heavy atom. The van der Waals surface area contributed by atoms with Crippen LogP contribution in [0, 0.1) is 0 Å². The number of para-hydroxylation sites is 2. The highest BCUT2D eigenvalue weighted by Crippen LogP contribution is 2.21. The minimum absolute atomic E-state index is 0.202. The number of carbonyl (C=O) groups excluding carboxylic acids is 2. The Balaban J connectivity index is 1.88. The van der Waals surface area contributed by atoms with Gasteiger partial charge in [0.05, 0.1) is 14.2 Å². The Labute approximate surface area is 213 Å². The molecule has 0 aliphatic rings. The van der Waals surface area contributed by atoms with E-state index in [1.807, 2.05) is 0 Å². The predicted octanol–water partition coefficient (Wildman–Crippen LogP) is 6.83. The monoisotopic (exact) mass is 502 g/mol. The SMILES string of the molecule is CCCCCCCCCCCC(OOC(=O)c1ccccc1OC)OOC(=O)c1ccccc1OC. The summed E-state index contributed by atoms with van der Waals surface area (Å²) in [6.07, 6.45) is 9.54. The molecule has 2 aromatic rings. The van der Waals surface area contributed by atoms with E-state index in [-0.39, 0.29) is 11.1 Å². The van der Waals surface area contributed by atoms with E-state index in [0.717, 1.165) is 19.3 Å². The van der Waals surface area contributed by atoms with Crippen LogP contribution in [0.15, 0.2) is 48.5 Å². The van der Waals surface area contributed by atoms with Gasteiger partial charge in [0, 0.05) is 6.42 Å². The summed E-state index contributed by atoms with van der Waals surface area (Å²) in [6, 6.07) is 13.2. The molecule has 0 bridgehead atoms. The Kier molecular flexibility index (Phi) is 14.0. The van der Waals surface area contributed by atoms with Gasteiger partial charge in [-0.1, -0.05) is 82.6 Å². The Hall–Kier alpha value is -3.10. The summed E-state index contributed by atoms with van der Waals surface area (Å²) in [5, 5.41) is 0. The Morgan fingerprint density at radius 1 is 0.639 bits per heavy atom. The molecule has 0 aliphatic heterocycles. The van der Waals surface area contributed by atoms with Gasteiger partial charge < -0.3 is 9.47 Å². The van der Waals surface area contributed by atoms with Crippen molar-refractivity contribution in [1.29, 1.82) is 0 Å². The highest BCUT2D eigenvalue weighted by atomic mass is 17.3. The van der Waals surface area contributed by atoms with Gasteiger partial charge in [-0.2, -0.15) is 0 Å². The van der Waals surface area contributed by atoms with Crippen molar-refractivity contribution < 1.29 is 38.6 Å². The second-order valence-corrected chi connectivity index (χ2v) is 8.38. The highest BCUT2D eigenvalue weighted by Gasteiger charge is 2.22. The summed E-state index contributed by atoms with van der Waals surface area (Å²) in [6.45, 7) is 2.21. The van der Waals surface area contributed by atoms with Crippen LogP contribution in [0.25, 0.3) is 0 Å². The average molecular weight is 503 g/mol. The van der Waals surface area contributed by atoms with Crippen LogP contribution in [-0.2, 0) is 19.6 Å². The van der Waals surface area contributed by atoms with E-state index in [2.05, 4.69) is 6.92 Å². The molecule has 0 fully saturated rings. The van der Waals surface area contributed by atoms with Crippen LogP contribution in [0.1, 0.15) is 91.8 Å². The topological polar surface area (TPSA) is 89.5 Å². The molecule has 198 valence electrons. The van der Waals surface area contributed by atoms with Crippen molar-refractivity contribution in [2.45, 2.75) is 77.4 Å². The fraction of sp³-hybridized carbons (Fsp3) is 0.500. The first-order valence-electron chi connectivity index (χ1n) is 12.6. The summed E-state index contributed by atoms with van der Waals surface area (Å²) in [5.41, 5.74) is 0.403. The molecule has 0 spiro atoms. The lowest BCUT2D eigenvalue weighted by molar-refractivity contribution is -0.421. The lowest BCUT2D eigenvalue weighted by Crippen LogP contribution is -2.22. The molecule has 0 aliphatic carbocycles. The molecule has 0 saturated carbocycles. The minimum atomic E-state index is -1.09. The molecule has 8 nitrogen and oxygen atoms in total. The standard InChI is InChI=1S/C28H38O8/c1-4-5-6-7-8-9-10-11-12-21-26(33-35-27(29)22-17-13-15-19-24(22)31-2)34-36-28(30)23-18-14-16-20-25(23)32-3/h13-20,26H,4-12,21H2,1-3H3. The van der Waals surface area contributed by atoms with Crippen LogP contribution in [0.2, 0.25) is 0 Å². The van der Waals surface area contributed by atoms with E-state index >= 15 is 0 Å². The van der Waals surface area contributed by atoms with Gasteiger partial charge in [-0.3, -0.25) is 9.78 Å². The molecule has 2 aromatic carbocycles. The number of hydrogen-bond donors (Lipinski definition) is 0. The molecule has 0 heterocycles. The third-order valence-corrected chi connectivity index (χ3v) is 5.66. The third kappa shape index (κ3) is 10.3. The van der Waals surface area contributed by atoms with E-state index < -0.39 is 18.2 Å². The summed E-state index contributed by atoms with van der Waals surface area (Å²) in [5.74, 6) is -0.788. The van der Waals surface area contributed by atoms with Crippen molar-refractivity contribution in [2.75, 3.05) is 14.2 Å². The molecule has 2 rings (SSSR count). The van der Waals surface area contributed by atoms with Gasteiger partial charge >= 0.3 is 11.9 Å². The summed E-state index contributed by atoms with van der Waals surface area (Å²) >= 11 is 0. The molecule has 0 atom stereocenters. The van der Waals surface area contributed by atoms with Crippen molar-refractivity contribution in [1.82, 2.24) is 0 Å². The first-order valence-corrected chi connectivity index (χ1v) is 12.6. The number of ether oxygens (including phenoxy) is 2. The Bertz CT molecular complexity index is 850. The van der Waals surface area contributed by atoms with Gasteiger partial charge in [0.1, 0.15) is 22.6 Å². The maximum atomic E-state index is 12.5. The second-order valence-electron chi connectivity index (χ2n) is 8.38. The number of methoxy groups -OCH3 is 2. The molecular weight excluding hydrogens is 464 g/mol. The smallest absolute Gasteiger partial charge is 0.376 e. The molecule has 0 saturated heterocycles. The van der Waals surface area contributed by atoms with E-state index in [4.69, 9.17) is 29.0 Å². The number of rotatable bonds is 18. The van der Waals surface area contributed by atoms with Crippen molar-refractivity contribution >= 4 is 11.9 Å². The van der Waals surface area contributed by atoms with Crippen molar-refractivity contribution in [3.8, 4) is 11.5 Å². The predicted molar refractivity (Wildman–Crippen MR) is 135 cm³/mol. The largest absolute Gasteiger partial charge is 0.496 e. The minimum Gasteiger partial charge on any atom is -0.496 e. The lowest BCUT2D eigenvalue weighted by Gasteiger charge is -2.16. The van der Waals surface area contributed by atoms with Gasteiger partial charge in [0.2, 0.25) is 6.29 Å². The van der Waals surface area contributed by atoms with Crippen LogP contribution in [0.4, 0.5) is 0 Å². The maximum Gasteiger partial charge on any atom is 0.376 e. The number of hydrogen-bond acceptors (Lipinski definition) is 8. The third-order valence-electron chi connectivity index (χ3n) is 5.66. The summed E-state index contributed by atoms with van der Waals surface area (Å²) in [4.78, 5) is 45.4. The molecule has 0 unspecified atom stereocenters. The van der Waals surface area contributed by atoms with Gasteiger partial charge in [-0.25, -0.2) is 9.59 Å². The van der Waals surface area contributed by atoms with Crippen molar-refractivity contribution in [3.05, 3.63) is 59.7 Å². The van der Waals surface area contributed by atoms with Crippen molar-refractivity contribution in [3.63, 3.8) is 0 Å². The first kappa shape index (κ1) is 29.1. The van der Waals surface area contributed by atoms with E-state index in [9.17, 15) is 9.59 Å². The van der Waals surface area contributed by atoms with E-state index in [0.29, 0.717) is 17.9 Å². The molecule has 0 amide bonds. The highest BCUT2D eigenvalue weighted by molar-refractivity contribution is 5.92. The zero-order chi connectivity index (χ0) is 26.0. The van der Waals surface area contributed by atoms with E-state index in [1.165, 1.54) is 52.7 Å². The zero-order valence-corrected chi connectivity index (χ0v) is 21.5. The molecular formula is C28H38O8. The summed E-state index contributed by atoms with van der Waals surface area (Å²) in [7, 11) is 2.92. The molecule has 0 radical (unpaired) electrons. The van der Waals surface area contributed by atoms with Gasteiger partial charge in [-0.15, -0.1) is 9.78 Å². The zero-order valence-electron chi connectivity index (χ0n) is 21.5. The number of benzene rings is 2. The van der Waals surface area contributed by atoms with Gasteiger partial charge in [-0.05, 0) is 30.7 Å². The normalized spacial score (nSPS) is 10.8. The Morgan fingerprint density at radius 2 is 1.06 bits per heavy atom. The molecule has 8 heteroatoms. The second kappa shape index (κ2) is 17.3.